The van der Waals surface area contributed by atoms with E-state index in [2.05, 4.69) is 51.9 Å². The van der Waals surface area contributed by atoms with Gasteiger partial charge in [-0.1, -0.05) is 13.3 Å². The number of nitrogens with zero attached hydrogens (tertiary/aromatic N) is 2. The minimum atomic E-state index is 0.542. The van der Waals surface area contributed by atoms with Gasteiger partial charge in [-0.2, -0.15) is 0 Å². The topological polar surface area (TPSA) is 39.7 Å². The molecule has 0 aromatic carbocycles. The molecule has 0 saturated carbocycles. The molecular weight excluding hydrogens is 280 g/mol. The van der Waals surface area contributed by atoms with Crippen molar-refractivity contribution >= 4 is 22.3 Å². The predicted octanol–water partition coefficient (Wildman–Crippen LogP) is 3.07. The summed E-state index contributed by atoms with van der Waals surface area (Å²) in [5.41, 5.74) is 0. The van der Waals surface area contributed by atoms with Gasteiger partial charge in [0.2, 0.25) is 0 Å². The van der Waals surface area contributed by atoms with E-state index in [0.29, 0.717) is 6.04 Å². The number of anilines is 1. The summed E-state index contributed by atoms with van der Waals surface area (Å²) in [5.74, 6) is 0.987. The Labute approximate surface area is 132 Å². The molecule has 2 heterocycles. The summed E-state index contributed by atoms with van der Waals surface area (Å²) in [6.07, 6.45) is 4.71. The number of guanidine groups is 1. The van der Waals surface area contributed by atoms with Crippen LogP contribution in [0.3, 0.4) is 0 Å². The Bertz CT molecular complexity index is 408. The van der Waals surface area contributed by atoms with Gasteiger partial charge in [-0.05, 0) is 43.7 Å². The third-order valence-corrected chi connectivity index (χ3v) is 4.71. The Hall–Kier alpha value is -1.23. The molecule has 118 valence electrons. The van der Waals surface area contributed by atoms with E-state index in [1.807, 2.05) is 11.3 Å². The molecule has 0 radical (unpaired) electrons. The van der Waals surface area contributed by atoms with Crippen molar-refractivity contribution in [2.75, 3.05) is 31.1 Å². The van der Waals surface area contributed by atoms with E-state index in [9.17, 15) is 0 Å². The zero-order chi connectivity index (χ0) is 14.9. The van der Waals surface area contributed by atoms with Gasteiger partial charge in [0.05, 0.1) is 5.00 Å². The minimum absolute atomic E-state index is 0.542. The highest BCUT2D eigenvalue weighted by Gasteiger charge is 2.20. The smallest absolute Gasteiger partial charge is 0.191 e. The maximum absolute atomic E-state index is 4.65. The van der Waals surface area contributed by atoms with Crippen molar-refractivity contribution in [3.8, 4) is 0 Å². The SMILES string of the molecule is CCCCN=C(NCC)NC1CCN(c2cccs2)CC1. The van der Waals surface area contributed by atoms with E-state index in [4.69, 9.17) is 0 Å². The predicted molar refractivity (Wildman–Crippen MR) is 93.6 cm³/mol. The number of aliphatic imine (C=N–C) groups is 1. The van der Waals surface area contributed by atoms with E-state index < -0.39 is 0 Å². The van der Waals surface area contributed by atoms with Crippen molar-refractivity contribution in [3.63, 3.8) is 0 Å². The van der Waals surface area contributed by atoms with Crippen LogP contribution in [-0.4, -0.2) is 38.2 Å². The second-order valence-electron chi connectivity index (χ2n) is 5.47. The van der Waals surface area contributed by atoms with Crippen LogP contribution in [0, 0.1) is 0 Å². The molecule has 1 aliphatic heterocycles. The van der Waals surface area contributed by atoms with Crippen molar-refractivity contribution in [2.45, 2.75) is 45.6 Å². The molecule has 1 aliphatic rings. The lowest BCUT2D eigenvalue weighted by atomic mass is 10.1. The summed E-state index contributed by atoms with van der Waals surface area (Å²) in [4.78, 5) is 7.14. The second-order valence-corrected chi connectivity index (χ2v) is 6.40. The highest BCUT2D eigenvalue weighted by molar-refractivity contribution is 7.14. The fourth-order valence-electron chi connectivity index (χ4n) is 2.56. The average molecular weight is 308 g/mol. The van der Waals surface area contributed by atoms with E-state index in [0.717, 1.165) is 38.6 Å². The van der Waals surface area contributed by atoms with Crippen molar-refractivity contribution in [3.05, 3.63) is 17.5 Å². The van der Waals surface area contributed by atoms with Crippen molar-refractivity contribution < 1.29 is 0 Å². The van der Waals surface area contributed by atoms with Crippen LogP contribution in [0.2, 0.25) is 0 Å². The van der Waals surface area contributed by atoms with E-state index in [-0.39, 0.29) is 0 Å². The number of piperidine rings is 1. The van der Waals surface area contributed by atoms with Crippen LogP contribution in [0.1, 0.15) is 39.5 Å². The van der Waals surface area contributed by atoms with Crippen molar-refractivity contribution in [2.24, 2.45) is 4.99 Å². The van der Waals surface area contributed by atoms with Crippen LogP contribution in [0.15, 0.2) is 22.5 Å². The Morgan fingerprint density at radius 1 is 1.38 bits per heavy atom. The molecule has 0 spiro atoms. The summed E-state index contributed by atoms with van der Waals surface area (Å²) in [6.45, 7) is 8.43. The Morgan fingerprint density at radius 2 is 2.19 bits per heavy atom. The fourth-order valence-corrected chi connectivity index (χ4v) is 3.34. The molecule has 1 fully saturated rings. The number of nitrogens with one attached hydrogen (secondary N) is 2. The van der Waals surface area contributed by atoms with Gasteiger partial charge in [-0.15, -0.1) is 11.3 Å². The van der Waals surface area contributed by atoms with Gasteiger partial charge in [0.25, 0.3) is 0 Å². The summed E-state index contributed by atoms with van der Waals surface area (Å²) in [7, 11) is 0. The van der Waals surface area contributed by atoms with Crippen LogP contribution >= 0.6 is 11.3 Å². The van der Waals surface area contributed by atoms with Gasteiger partial charge < -0.3 is 15.5 Å². The molecule has 2 rings (SSSR count). The molecule has 1 saturated heterocycles. The lowest BCUT2D eigenvalue weighted by Crippen LogP contribution is -2.48. The number of unbranched alkanes of at least 4 members (excludes halogenated alkanes) is 1. The number of thiophene rings is 1. The summed E-state index contributed by atoms with van der Waals surface area (Å²) in [6, 6.07) is 4.89. The molecule has 4 nitrogen and oxygen atoms in total. The Morgan fingerprint density at radius 3 is 2.81 bits per heavy atom. The highest BCUT2D eigenvalue weighted by Crippen LogP contribution is 2.24. The highest BCUT2D eigenvalue weighted by atomic mass is 32.1. The summed E-state index contributed by atoms with van der Waals surface area (Å²) < 4.78 is 0. The maximum Gasteiger partial charge on any atom is 0.191 e. The van der Waals surface area contributed by atoms with Crippen LogP contribution in [0.25, 0.3) is 0 Å². The fraction of sp³-hybridized carbons (Fsp3) is 0.688. The largest absolute Gasteiger partial charge is 0.363 e. The van der Waals surface area contributed by atoms with Gasteiger partial charge in [0.1, 0.15) is 0 Å². The van der Waals surface area contributed by atoms with Crippen molar-refractivity contribution in [1.82, 2.24) is 10.6 Å². The van der Waals surface area contributed by atoms with E-state index in [1.54, 1.807) is 0 Å². The third-order valence-electron chi connectivity index (χ3n) is 3.78. The molecule has 2 N–H and O–H groups in total. The van der Waals surface area contributed by atoms with Crippen LogP contribution in [0.5, 0.6) is 0 Å². The monoisotopic (exact) mass is 308 g/mol. The average Bonchev–Trinajstić information content (AvgIpc) is 3.03. The van der Waals surface area contributed by atoms with Gasteiger partial charge in [-0.25, -0.2) is 0 Å². The quantitative estimate of drug-likeness (QED) is 0.482. The van der Waals surface area contributed by atoms with Gasteiger partial charge in [0, 0.05) is 32.2 Å². The summed E-state index contributed by atoms with van der Waals surface area (Å²) in [5, 5.41) is 10.5. The third kappa shape index (κ3) is 5.23. The van der Waals surface area contributed by atoms with E-state index in [1.165, 1.54) is 24.3 Å². The van der Waals surface area contributed by atoms with Crippen molar-refractivity contribution in [1.29, 1.82) is 0 Å². The molecule has 0 bridgehead atoms. The Balaban J connectivity index is 1.79. The second kappa shape index (κ2) is 8.93. The molecule has 21 heavy (non-hydrogen) atoms. The normalized spacial score (nSPS) is 17.0. The first-order valence-corrected chi connectivity index (χ1v) is 9.04. The Kier molecular flexibility index (Phi) is 6.86. The zero-order valence-corrected chi connectivity index (χ0v) is 14.1. The summed E-state index contributed by atoms with van der Waals surface area (Å²) >= 11 is 1.84. The molecule has 1 aromatic rings. The van der Waals surface area contributed by atoms with Gasteiger partial charge in [0.15, 0.2) is 5.96 Å². The van der Waals surface area contributed by atoms with Gasteiger partial charge in [-0.3, -0.25) is 4.99 Å². The van der Waals surface area contributed by atoms with E-state index >= 15 is 0 Å². The van der Waals surface area contributed by atoms with Crippen LogP contribution in [0.4, 0.5) is 5.00 Å². The zero-order valence-electron chi connectivity index (χ0n) is 13.3. The maximum atomic E-state index is 4.65. The molecule has 5 heteroatoms. The standard InChI is InChI=1S/C16H28N4S/c1-3-5-10-18-16(17-4-2)19-14-8-11-20(12-9-14)15-7-6-13-21-15/h6-7,13-14H,3-5,8-12H2,1-2H3,(H2,17,18,19). The van der Waals surface area contributed by atoms with Gasteiger partial charge >= 0.3 is 0 Å². The molecule has 0 atom stereocenters. The molecular formula is C16H28N4S. The number of hydrogen-bond donors (Lipinski definition) is 2. The molecule has 1 aromatic heterocycles. The first kappa shape index (κ1) is 16.1. The first-order valence-electron chi connectivity index (χ1n) is 8.16. The molecule has 0 amide bonds. The number of rotatable bonds is 6. The molecule has 0 aliphatic carbocycles. The number of hydrogen-bond acceptors (Lipinski definition) is 3. The van der Waals surface area contributed by atoms with Crippen LogP contribution in [-0.2, 0) is 0 Å². The first-order chi connectivity index (χ1) is 10.3. The molecule has 0 unspecified atom stereocenters. The lowest BCUT2D eigenvalue weighted by molar-refractivity contribution is 0.462. The lowest BCUT2D eigenvalue weighted by Gasteiger charge is -2.33. The van der Waals surface area contributed by atoms with Crippen LogP contribution < -0.4 is 15.5 Å². The minimum Gasteiger partial charge on any atom is -0.363 e.